The molecular formula is C16H27NO3. The van der Waals surface area contributed by atoms with Crippen LogP contribution < -0.4 is 10.1 Å². The predicted molar refractivity (Wildman–Crippen MR) is 80.9 cm³/mol. The molecule has 0 radical (unpaired) electrons. The number of hydrogen-bond donors (Lipinski definition) is 3. The highest BCUT2D eigenvalue weighted by atomic mass is 16.5. The molecular weight excluding hydrogens is 254 g/mol. The average Bonchev–Trinajstić information content (AvgIpc) is 2.44. The van der Waals surface area contributed by atoms with Gasteiger partial charge in [0.1, 0.15) is 5.75 Å². The van der Waals surface area contributed by atoms with Crippen molar-refractivity contribution in [3.05, 3.63) is 29.8 Å². The smallest absolute Gasteiger partial charge is 0.118 e. The Morgan fingerprint density at radius 1 is 1.20 bits per heavy atom. The summed E-state index contributed by atoms with van der Waals surface area (Å²) in [5.41, 5.74) is 0.410. The first-order valence-corrected chi connectivity index (χ1v) is 7.01. The largest absolute Gasteiger partial charge is 0.497 e. The van der Waals surface area contributed by atoms with E-state index >= 15 is 0 Å². The maximum Gasteiger partial charge on any atom is 0.118 e. The molecule has 20 heavy (non-hydrogen) atoms. The van der Waals surface area contributed by atoms with E-state index in [1.165, 1.54) is 0 Å². The van der Waals surface area contributed by atoms with Crippen LogP contribution in [0.4, 0.5) is 0 Å². The number of aliphatic hydroxyl groups is 2. The Kier molecular flexibility index (Phi) is 5.99. The molecule has 4 heteroatoms. The Hall–Kier alpha value is -1.10. The van der Waals surface area contributed by atoms with Crippen LogP contribution in [0.2, 0.25) is 0 Å². The van der Waals surface area contributed by atoms with E-state index in [2.05, 4.69) is 19.2 Å². The third kappa shape index (κ3) is 4.47. The highest BCUT2D eigenvalue weighted by molar-refractivity contribution is 5.29. The standard InChI is InChI=1S/C16H27NO3/c1-11(2)14(17-16(3,4)10-18)15(19)12-6-8-13(20-5)9-7-12/h6-9,11,14-15,17-19H,10H2,1-5H3. The molecule has 0 saturated carbocycles. The molecule has 0 aliphatic rings. The highest BCUT2D eigenvalue weighted by Crippen LogP contribution is 2.25. The van der Waals surface area contributed by atoms with Gasteiger partial charge in [0.05, 0.1) is 19.8 Å². The SMILES string of the molecule is COc1ccc(C(O)C(NC(C)(C)CO)C(C)C)cc1. The van der Waals surface area contributed by atoms with Crippen LogP contribution in [0, 0.1) is 5.92 Å². The summed E-state index contributed by atoms with van der Waals surface area (Å²) in [6, 6.07) is 7.28. The van der Waals surface area contributed by atoms with Crippen molar-refractivity contribution in [1.29, 1.82) is 0 Å². The molecule has 0 amide bonds. The molecule has 0 heterocycles. The number of methoxy groups -OCH3 is 1. The lowest BCUT2D eigenvalue weighted by molar-refractivity contribution is 0.0712. The average molecular weight is 281 g/mol. The molecule has 0 saturated heterocycles. The van der Waals surface area contributed by atoms with Crippen LogP contribution in [-0.2, 0) is 0 Å². The zero-order valence-electron chi connectivity index (χ0n) is 13.1. The Bertz CT molecular complexity index is 401. The van der Waals surface area contributed by atoms with Crippen molar-refractivity contribution >= 4 is 0 Å². The van der Waals surface area contributed by atoms with Gasteiger partial charge in [-0.05, 0) is 37.5 Å². The summed E-state index contributed by atoms with van der Waals surface area (Å²) >= 11 is 0. The number of aliphatic hydroxyl groups excluding tert-OH is 2. The number of rotatable bonds is 7. The summed E-state index contributed by atoms with van der Waals surface area (Å²) in [6.07, 6.45) is -0.633. The zero-order chi connectivity index (χ0) is 15.3. The van der Waals surface area contributed by atoms with Crippen molar-refractivity contribution in [3.63, 3.8) is 0 Å². The molecule has 1 aromatic rings. The van der Waals surface area contributed by atoms with Crippen LogP contribution in [0.15, 0.2) is 24.3 Å². The van der Waals surface area contributed by atoms with E-state index < -0.39 is 11.6 Å². The van der Waals surface area contributed by atoms with Gasteiger partial charge < -0.3 is 20.3 Å². The van der Waals surface area contributed by atoms with Gasteiger partial charge in [0.25, 0.3) is 0 Å². The molecule has 0 aliphatic carbocycles. The molecule has 0 aromatic heterocycles. The Morgan fingerprint density at radius 3 is 2.15 bits per heavy atom. The van der Waals surface area contributed by atoms with E-state index in [9.17, 15) is 10.2 Å². The number of ether oxygens (including phenoxy) is 1. The minimum Gasteiger partial charge on any atom is -0.497 e. The van der Waals surface area contributed by atoms with Gasteiger partial charge in [0, 0.05) is 11.6 Å². The zero-order valence-corrected chi connectivity index (χ0v) is 13.1. The first-order chi connectivity index (χ1) is 9.30. The molecule has 0 aliphatic heterocycles. The summed E-state index contributed by atoms with van der Waals surface area (Å²) < 4.78 is 5.12. The summed E-state index contributed by atoms with van der Waals surface area (Å²) in [4.78, 5) is 0. The van der Waals surface area contributed by atoms with Crippen molar-refractivity contribution < 1.29 is 14.9 Å². The van der Waals surface area contributed by atoms with Gasteiger partial charge >= 0.3 is 0 Å². The fourth-order valence-electron chi connectivity index (χ4n) is 2.12. The van der Waals surface area contributed by atoms with E-state index in [0.29, 0.717) is 0 Å². The quantitative estimate of drug-likeness (QED) is 0.716. The van der Waals surface area contributed by atoms with Gasteiger partial charge in [-0.2, -0.15) is 0 Å². The summed E-state index contributed by atoms with van der Waals surface area (Å²) in [5.74, 6) is 1.00. The Labute approximate surface area is 121 Å². The molecule has 0 spiro atoms. The van der Waals surface area contributed by atoms with Crippen molar-refractivity contribution in [3.8, 4) is 5.75 Å². The fraction of sp³-hybridized carbons (Fsp3) is 0.625. The topological polar surface area (TPSA) is 61.7 Å². The fourth-order valence-corrected chi connectivity index (χ4v) is 2.12. The molecule has 0 fully saturated rings. The second-order valence-electron chi connectivity index (χ2n) is 6.17. The van der Waals surface area contributed by atoms with Crippen LogP contribution in [0.5, 0.6) is 5.75 Å². The molecule has 1 rings (SSSR count). The predicted octanol–water partition coefficient (Wildman–Crippen LogP) is 2.11. The van der Waals surface area contributed by atoms with Crippen molar-refractivity contribution in [1.82, 2.24) is 5.32 Å². The maximum absolute atomic E-state index is 10.6. The first kappa shape index (κ1) is 17.0. The lowest BCUT2D eigenvalue weighted by Gasteiger charge is -2.35. The van der Waals surface area contributed by atoms with Gasteiger partial charge in [-0.3, -0.25) is 0 Å². The first-order valence-electron chi connectivity index (χ1n) is 7.01. The van der Waals surface area contributed by atoms with Crippen LogP contribution in [0.3, 0.4) is 0 Å². The molecule has 2 atom stereocenters. The van der Waals surface area contributed by atoms with Crippen LogP contribution in [0.25, 0.3) is 0 Å². The van der Waals surface area contributed by atoms with Gasteiger partial charge in [-0.25, -0.2) is 0 Å². The molecule has 4 nitrogen and oxygen atoms in total. The van der Waals surface area contributed by atoms with Crippen molar-refractivity contribution in [2.45, 2.75) is 45.4 Å². The molecule has 2 unspecified atom stereocenters. The summed E-state index contributed by atoms with van der Waals surface area (Å²) in [5, 5.41) is 23.3. The minimum absolute atomic E-state index is 0.0194. The normalized spacial score (nSPS) is 15.2. The highest BCUT2D eigenvalue weighted by Gasteiger charge is 2.29. The number of nitrogens with one attached hydrogen (secondary N) is 1. The molecule has 1 aromatic carbocycles. The Balaban J connectivity index is 2.90. The molecule has 114 valence electrons. The third-order valence-electron chi connectivity index (χ3n) is 3.47. The minimum atomic E-state index is -0.633. The second kappa shape index (κ2) is 7.07. The van der Waals surface area contributed by atoms with Crippen LogP contribution >= 0.6 is 0 Å². The van der Waals surface area contributed by atoms with Gasteiger partial charge in [-0.1, -0.05) is 26.0 Å². The Morgan fingerprint density at radius 2 is 1.75 bits per heavy atom. The maximum atomic E-state index is 10.6. The number of hydrogen-bond acceptors (Lipinski definition) is 4. The lowest BCUT2D eigenvalue weighted by atomic mass is 9.90. The van der Waals surface area contributed by atoms with Gasteiger partial charge in [0.2, 0.25) is 0 Å². The van der Waals surface area contributed by atoms with Crippen LogP contribution in [-0.4, -0.2) is 35.5 Å². The summed E-state index contributed by atoms with van der Waals surface area (Å²) in [7, 11) is 1.62. The van der Waals surface area contributed by atoms with Crippen molar-refractivity contribution in [2.75, 3.05) is 13.7 Å². The summed E-state index contributed by atoms with van der Waals surface area (Å²) in [6.45, 7) is 7.97. The van der Waals surface area contributed by atoms with E-state index in [0.717, 1.165) is 11.3 Å². The van der Waals surface area contributed by atoms with E-state index in [1.807, 2.05) is 38.1 Å². The van der Waals surface area contributed by atoms with Crippen molar-refractivity contribution in [2.24, 2.45) is 5.92 Å². The van der Waals surface area contributed by atoms with E-state index in [4.69, 9.17) is 4.74 Å². The van der Waals surface area contributed by atoms with Gasteiger partial charge in [0.15, 0.2) is 0 Å². The van der Waals surface area contributed by atoms with Gasteiger partial charge in [-0.15, -0.1) is 0 Å². The molecule has 0 bridgehead atoms. The molecule has 3 N–H and O–H groups in total. The second-order valence-corrected chi connectivity index (χ2v) is 6.17. The number of benzene rings is 1. The van der Waals surface area contributed by atoms with E-state index in [1.54, 1.807) is 7.11 Å². The third-order valence-corrected chi connectivity index (χ3v) is 3.47. The lowest BCUT2D eigenvalue weighted by Crippen LogP contribution is -2.52. The van der Waals surface area contributed by atoms with Crippen LogP contribution in [0.1, 0.15) is 39.4 Å². The monoisotopic (exact) mass is 281 g/mol. The van der Waals surface area contributed by atoms with E-state index in [-0.39, 0.29) is 18.6 Å².